The van der Waals surface area contributed by atoms with Crippen LogP contribution in [-0.4, -0.2) is 24.4 Å². The van der Waals surface area contributed by atoms with Crippen molar-refractivity contribution in [2.45, 2.75) is 12.8 Å². The largest absolute Gasteiger partial charge is 0.346 e. The molecule has 3 nitrogen and oxygen atoms in total. The van der Waals surface area contributed by atoms with E-state index in [-0.39, 0.29) is 5.91 Å². The molecule has 0 aliphatic rings. The molecule has 0 bridgehead atoms. The van der Waals surface area contributed by atoms with Gasteiger partial charge in [0.1, 0.15) is 0 Å². The lowest BCUT2D eigenvalue weighted by Gasteiger charge is -2.13. The molecule has 0 aromatic heterocycles. The van der Waals surface area contributed by atoms with Crippen LogP contribution in [-0.2, 0) is 11.2 Å². The van der Waals surface area contributed by atoms with E-state index in [4.69, 9.17) is 5.26 Å². The van der Waals surface area contributed by atoms with Crippen molar-refractivity contribution in [3.8, 4) is 6.07 Å². The third-order valence-corrected chi connectivity index (χ3v) is 2.47. The second-order valence-electron chi connectivity index (χ2n) is 3.62. The van der Waals surface area contributed by atoms with Crippen LogP contribution in [0.5, 0.6) is 0 Å². The molecule has 0 aliphatic carbocycles. The highest BCUT2D eigenvalue weighted by Gasteiger charge is 2.06. The predicted octanol–water partition coefficient (Wildman–Crippen LogP) is 1.78. The number of hydrogen-bond acceptors (Lipinski definition) is 2. The molecule has 0 fully saturated rings. The van der Waals surface area contributed by atoms with E-state index < -0.39 is 0 Å². The summed E-state index contributed by atoms with van der Waals surface area (Å²) in [5.74, 6) is 0.0966. The SMILES string of the molecule is [CH2]CN(C)C(=O)CCc1ccc(C#N)cc1. The Hall–Kier alpha value is -1.82. The number of nitriles is 1. The van der Waals surface area contributed by atoms with Gasteiger partial charge in [-0.05, 0) is 31.0 Å². The van der Waals surface area contributed by atoms with Crippen molar-refractivity contribution < 1.29 is 4.79 Å². The van der Waals surface area contributed by atoms with Gasteiger partial charge in [-0.15, -0.1) is 0 Å². The zero-order valence-electron chi connectivity index (χ0n) is 9.44. The van der Waals surface area contributed by atoms with Gasteiger partial charge in [-0.25, -0.2) is 0 Å². The fourth-order valence-electron chi connectivity index (χ4n) is 1.31. The van der Waals surface area contributed by atoms with Gasteiger partial charge in [-0.1, -0.05) is 12.1 Å². The molecule has 83 valence electrons. The summed E-state index contributed by atoms with van der Waals surface area (Å²) in [7, 11) is 1.74. The average Bonchev–Trinajstić information content (AvgIpc) is 2.35. The Bertz CT molecular complexity index is 389. The predicted molar refractivity (Wildman–Crippen MR) is 62.5 cm³/mol. The van der Waals surface area contributed by atoms with Gasteiger partial charge in [-0.2, -0.15) is 5.26 Å². The highest BCUT2D eigenvalue weighted by Crippen LogP contribution is 2.06. The van der Waals surface area contributed by atoms with Crippen molar-refractivity contribution in [1.29, 1.82) is 5.26 Å². The summed E-state index contributed by atoms with van der Waals surface area (Å²) in [5, 5.41) is 8.63. The highest BCUT2D eigenvalue weighted by atomic mass is 16.2. The van der Waals surface area contributed by atoms with Crippen LogP contribution in [0.1, 0.15) is 17.5 Å². The molecule has 0 heterocycles. The Morgan fingerprint density at radius 2 is 2.06 bits per heavy atom. The standard InChI is InChI=1S/C13H15N2O/c1-3-15(2)13(16)9-8-11-4-6-12(10-14)7-5-11/h4-7H,1,3,8-9H2,2H3. The summed E-state index contributed by atoms with van der Waals surface area (Å²) < 4.78 is 0. The monoisotopic (exact) mass is 215 g/mol. The van der Waals surface area contributed by atoms with Crippen LogP contribution < -0.4 is 0 Å². The first-order valence-electron chi connectivity index (χ1n) is 5.19. The van der Waals surface area contributed by atoms with Gasteiger partial charge in [0, 0.05) is 20.0 Å². The number of amides is 1. The van der Waals surface area contributed by atoms with Crippen molar-refractivity contribution in [1.82, 2.24) is 4.90 Å². The Kier molecular flexibility index (Phi) is 4.53. The van der Waals surface area contributed by atoms with E-state index in [1.165, 1.54) is 0 Å². The molecule has 3 heteroatoms. The molecule has 16 heavy (non-hydrogen) atoms. The number of benzene rings is 1. The summed E-state index contributed by atoms with van der Waals surface area (Å²) in [5.41, 5.74) is 1.72. The van der Waals surface area contributed by atoms with Crippen LogP contribution in [0, 0.1) is 18.3 Å². The van der Waals surface area contributed by atoms with Gasteiger partial charge < -0.3 is 4.90 Å². The molecule has 1 aromatic carbocycles. The third-order valence-electron chi connectivity index (χ3n) is 2.47. The molecule has 0 N–H and O–H groups in total. The minimum absolute atomic E-state index is 0.0966. The maximum atomic E-state index is 11.5. The Morgan fingerprint density at radius 3 is 2.56 bits per heavy atom. The van der Waals surface area contributed by atoms with Crippen molar-refractivity contribution in [2.75, 3.05) is 13.6 Å². The fourth-order valence-corrected chi connectivity index (χ4v) is 1.31. The molecule has 0 saturated heterocycles. The molecule has 1 aromatic rings. The Balaban J connectivity index is 2.49. The van der Waals surface area contributed by atoms with Gasteiger partial charge in [-0.3, -0.25) is 4.79 Å². The minimum Gasteiger partial charge on any atom is -0.346 e. The van der Waals surface area contributed by atoms with Gasteiger partial charge >= 0.3 is 0 Å². The lowest BCUT2D eigenvalue weighted by atomic mass is 10.1. The molecule has 1 amide bonds. The number of aryl methyl sites for hydroxylation is 1. The van der Waals surface area contributed by atoms with E-state index in [0.29, 0.717) is 24.9 Å². The number of nitrogens with zero attached hydrogens (tertiary/aromatic N) is 2. The quantitative estimate of drug-likeness (QED) is 0.768. The van der Waals surface area contributed by atoms with Crippen molar-refractivity contribution in [3.05, 3.63) is 42.3 Å². The lowest BCUT2D eigenvalue weighted by Crippen LogP contribution is -2.26. The number of carbonyl (C=O) groups excluding carboxylic acids is 1. The number of hydrogen-bond donors (Lipinski definition) is 0. The van der Waals surface area contributed by atoms with Crippen molar-refractivity contribution in [3.63, 3.8) is 0 Å². The second kappa shape index (κ2) is 5.92. The Labute approximate surface area is 96.3 Å². The normalized spacial score (nSPS) is 9.56. The molecule has 0 unspecified atom stereocenters. The smallest absolute Gasteiger partial charge is 0.222 e. The van der Waals surface area contributed by atoms with Crippen molar-refractivity contribution in [2.24, 2.45) is 0 Å². The van der Waals surface area contributed by atoms with Crippen LogP contribution in [0.25, 0.3) is 0 Å². The lowest BCUT2D eigenvalue weighted by molar-refractivity contribution is -0.129. The summed E-state index contributed by atoms with van der Waals surface area (Å²) in [6.45, 7) is 4.15. The zero-order chi connectivity index (χ0) is 12.0. The van der Waals surface area contributed by atoms with Gasteiger partial charge in [0.2, 0.25) is 5.91 Å². The Morgan fingerprint density at radius 1 is 1.44 bits per heavy atom. The molecular formula is C13H15N2O. The molecule has 1 rings (SSSR count). The van der Waals surface area contributed by atoms with Crippen LogP contribution in [0.15, 0.2) is 24.3 Å². The number of carbonyl (C=O) groups is 1. The van der Waals surface area contributed by atoms with Crippen LogP contribution in [0.4, 0.5) is 0 Å². The molecule has 0 aliphatic heterocycles. The van der Waals surface area contributed by atoms with E-state index in [9.17, 15) is 4.79 Å². The van der Waals surface area contributed by atoms with Gasteiger partial charge in [0.15, 0.2) is 0 Å². The first-order valence-corrected chi connectivity index (χ1v) is 5.19. The van der Waals surface area contributed by atoms with Crippen LogP contribution >= 0.6 is 0 Å². The summed E-state index contributed by atoms with van der Waals surface area (Å²) in [6, 6.07) is 9.37. The summed E-state index contributed by atoms with van der Waals surface area (Å²) in [6.07, 6.45) is 1.19. The van der Waals surface area contributed by atoms with Gasteiger partial charge in [0.25, 0.3) is 0 Å². The van der Waals surface area contributed by atoms with E-state index in [2.05, 4.69) is 13.0 Å². The minimum atomic E-state index is 0.0966. The van der Waals surface area contributed by atoms with Crippen LogP contribution in [0.3, 0.4) is 0 Å². The maximum absolute atomic E-state index is 11.5. The molecule has 0 saturated carbocycles. The first-order chi connectivity index (χ1) is 7.67. The number of rotatable bonds is 4. The first kappa shape index (κ1) is 12.3. The fraction of sp³-hybridized carbons (Fsp3) is 0.308. The maximum Gasteiger partial charge on any atom is 0.222 e. The molecular weight excluding hydrogens is 200 g/mol. The van der Waals surface area contributed by atoms with Crippen LogP contribution in [0.2, 0.25) is 0 Å². The molecule has 0 atom stereocenters. The van der Waals surface area contributed by atoms with E-state index in [1.54, 1.807) is 24.1 Å². The topological polar surface area (TPSA) is 44.1 Å². The van der Waals surface area contributed by atoms with E-state index in [1.807, 2.05) is 12.1 Å². The van der Waals surface area contributed by atoms with Gasteiger partial charge in [0.05, 0.1) is 11.6 Å². The highest BCUT2D eigenvalue weighted by molar-refractivity contribution is 5.76. The average molecular weight is 215 g/mol. The zero-order valence-corrected chi connectivity index (χ0v) is 9.44. The third kappa shape index (κ3) is 3.39. The summed E-state index contributed by atoms with van der Waals surface area (Å²) >= 11 is 0. The molecule has 0 spiro atoms. The van der Waals surface area contributed by atoms with Crippen molar-refractivity contribution >= 4 is 5.91 Å². The summed E-state index contributed by atoms with van der Waals surface area (Å²) in [4.78, 5) is 13.1. The second-order valence-corrected chi connectivity index (χ2v) is 3.62. The van der Waals surface area contributed by atoms with E-state index >= 15 is 0 Å². The van der Waals surface area contributed by atoms with E-state index in [0.717, 1.165) is 5.56 Å². The molecule has 1 radical (unpaired) electrons.